The minimum atomic E-state index is -2.36. The van der Waals surface area contributed by atoms with Crippen molar-refractivity contribution < 1.29 is 0 Å². The van der Waals surface area contributed by atoms with Gasteiger partial charge in [0.05, 0.1) is 0 Å². The zero-order valence-electron chi connectivity index (χ0n) is 17.5. The molecule has 0 atom stereocenters. The van der Waals surface area contributed by atoms with Crippen LogP contribution in [-0.4, -0.2) is 32.7 Å². The molecule has 0 aromatic carbocycles. The molecule has 0 amide bonds. The Hall–Kier alpha value is -0.531. The first-order valence-electron chi connectivity index (χ1n) is 10.8. The molecule has 0 radical (unpaired) electrons. The maximum absolute atomic E-state index is 4.70. The molecule has 3 rings (SSSR count). The SMILES string of the molecule is CCC[CH2][Sn]([CH2]CCC)([CH2]CCC)[c]1cn2cnc(Sc3ccncc3)c2s1. The number of nitrogens with zero attached hydrogens (tertiary/aromatic N) is 3. The molecule has 0 aliphatic heterocycles. The van der Waals surface area contributed by atoms with Crippen LogP contribution in [0.4, 0.5) is 0 Å². The third kappa shape index (κ3) is 5.33. The summed E-state index contributed by atoms with van der Waals surface area (Å²) in [6.45, 7) is 7.05. The summed E-state index contributed by atoms with van der Waals surface area (Å²) >= 11 is 1.47. The van der Waals surface area contributed by atoms with Crippen LogP contribution in [0.2, 0.25) is 13.3 Å². The molecule has 0 aliphatic rings. The van der Waals surface area contributed by atoms with Crippen molar-refractivity contribution in [3.05, 3.63) is 37.1 Å². The Bertz CT molecular complexity index is 822. The molecule has 0 saturated carbocycles. The van der Waals surface area contributed by atoms with Gasteiger partial charge in [-0.05, 0) is 0 Å². The second kappa shape index (κ2) is 11.0. The summed E-state index contributed by atoms with van der Waals surface area (Å²) in [5, 5.41) is 1.14. The van der Waals surface area contributed by atoms with Crippen molar-refractivity contribution in [2.45, 2.75) is 82.5 Å². The van der Waals surface area contributed by atoms with E-state index in [1.807, 2.05) is 18.7 Å². The Balaban J connectivity index is 1.94. The van der Waals surface area contributed by atoms with Gasteiger partial charge < -0.3 is 0 Å². The fourth-order valence-corrected chi connectivity index (χ4v) is 24.8. The molecular formula is C22H33N3S2Sn. The topological polar surface area (TPSA) is 30.2 Å². The van der Waals surface area contributed by atoms with Crippen LogP contribution in [-0.2, 0) is 0 Å². The summed E-state index contributed by atoms with van der Waals surface area (Å²) in [4.78, 5) is 11.4. The van der Waals surface area contributed by atoms with Crippen molar-refractivity contribution in [2.75, 3.05) is 0 Å². The van der Waals surface area contributed by atoms with Gasteiger partial charge in [0.1, 0.15) is 0 Å². The molecule has 3 aromatic rings. The van der Waals surface area contributed by atoms with Gasteiger partial charge in [0.2, 0.25) is 0 Å². The zero-order chi connectivity index (χ0) is 19.8. The molecule has 0 aliphatic carbocycles. The number of aromatic nitrogens is 3. The summed E-state index contributed by atoms with van der Waals surface area (Å²) in [6.07, 6.45) is 16.4. The quantitative estimate of drug-likeness (QED) is 0.240. The molecule has 0 saturated heterocycles. The van der Waals surface area contributed by atoms with Crippen LogP contribution in [0.1, 0.15) is 59.3 Å². The van der Waals surface area contributed by atoms with Gasteiger partial charge in [0.15, 0.2) is 0 Å². The molecular weight excluding hydrogens is 489 g/mol. The molecule has 3 heterocycles. The molecule has 0 bridgehead atoms. The Kier molecular flexibility index (Phi) is 8.72. The van der Waals surface area contributed by atoms with Gasteiger partial charge in [-0.2, -0.15) is 0 Å². The molecule has 28 heavy (non-hydrogen) atoms. The predicted molar refractivity (Wildman–Crippen MR) is 126 cm³/mol. The van der Waals surface area contributed by atoms with Crippen molar-refractivity contribution in [2.24, 2.45) is 0 Å². The maximum atomic E-state index is 4.70. The molecule has 0 N–H and O–H groups in total. The van der Waals surface area contributed by atoms with Gasteiger partial charge in [-0.3, -0.25) is 0 Å². The van der Waals surface area contributed by atoms with Crippen LogP contribution < -0.4 is 2.89 Å². The van der Waals surface area contributed by atoms with Gasteiger partial charge in [-0.25, -0.2) is 0 Å². The number of hydrogen-bond donors (Lipinski definition) is 0. The summed E-state index contributed by atoms with van der Waals surface area (Å²) in [5.74, 6) is 0. The van der Waals surface area contributed by atoms with E-state index < -0.39 is 18.4 Å². The molecule has 3 aromatic heterocycles. The van der Waals surface area contributed by atoms with Crippen LogP contribution in [0.25, 0.3) is 4.83 Å². The number of unbranched alkanes of at least 4 members (excludes halogenated alkanes) is 3. The average molecular weight is 522 g/mol. The van der Waals surface area contributed by atoms with Gasteiger partial charge in [0, 0.05) is 0 Å². The van der Waals surface area contributed by atoms with E-state index in [2.05, 4.69) is 59.8 Å². The first-order chi connectivity index (χ1) is 13.7. The minimum absolute atomic E-state index is 1.14. The Morgan fingerprint density at radius 2 is 1.57 bits per heavy atom. The first kappa shape index (κ1) is 22.2. The average Bonchev–Trinajstić information content (AvgIpc) is 3.31. The zero-order valence-corrected chi connectivity index (χ0v) is 22.0. The van der Waals surface area contributed by atoms with Crippen molar-refractivity contribution in [1.29, 1.82) is 0 Å². The van der Waals surface area contributed by atoms with Crippen molar-refractivity contribution >= 4 is 49.2 Å². The first-order valence-corrected chi connectivity index (χ1v) is 19.9. The van der Waals surface area contributed by atoms with Crippen LogP contribution >= 0.6 is 23.1 Å². The summed E-state index contributed by atoms with van der Waals surface area (Å²) in [7, 11) is 0. The van der Waals surface area contributed by atoms with E-state index in [9.17, 15) is 0 Å². The Labute approximate surface area is 182 Å². The second-order valence-corrected chi connectivity index (χ2v) is 24.0. The summed E-state index contributed by atoms with van der Waals surface area (Å²) in [6, 6.07) is 4.13. The summed E-state index contributed by atoms with van der Waals surface area (Å²) in [5.41, 5.74) is 0. The van der Waals surface area contributed by atoms with Crippen LogP contribution in [0.15, 0.2) is 47.0 Å². The van der Waals surface area contributed by atoms with E-state index >= 15 is 0 Å². The molecule has 0 fully saturated rings. The van der Waals surface area contributed by atoms with Crippen molar-refractivity contribution in [3.8, 4) is 0 Å². The third-order valence-electron chi connectivity index (χ3n) is 5.59. The number of rotatable bonds is 12. The number of imidazole rings is 1. The van der Waals surface area contributed by atoms with Gasteiger partial charge >= 0.3 is 183 Å². The monoisotopic (exact) mass is 523 g/mol. The standard InChI is InChI=1S/C10H6N3S2.3C4H9.Sn/c1-3-11-4-2-8(1)15-9-10-13(7-12-9)5-6-14-10;3*1-3-4-2;/h1-5,7H;3*1,3-4H2,2H3;. The van der Waals surface area contributed by atoms with Crippen molar-refractivity contribution in [1.82, 2.24) is 14.4 Å². The fourth-order valence-electron chi connectivity index (χ4n) is 3.90. The Morgan fingerprint density at radius 3 is 2.14 bits per heavy atom. The number of pyridine rings is 1. The third-order valence-corrected chi connectivity index (χ3v) is 26.0. The van der Waals surface area contributed by atoms with E-state index in [4.69, 9.17) is 4.98 Å². The predicted octanol–water partition coefficient (Wildman–Crippen LogP) is 7.00. The fraction of sp³-hybridized carbons (Fsp3) is 0.545. The van der Waals surface area contributed by atoms with E-state index in [-0.39, 0.29) is 0 Å². The van der Waals surface area contributed by atoms with E-state index in [1.165, 1.54) is 61.6 Å². The molecule has 152 valence electrons. The van der Waals surface area contributed by atoms with Gasteiger partial charge in [0.25, 0.3) is 0 Å². The molecule has 0 spiro atoms. The Morgan fingerprint density at radius 1 is 0.964 bits per heavy atom. The van der Waals surface area contributed by atoms with Crippen molar-refractivity contribution in [3.63, 3.8) is 0 Å². The van der Waals surface area contributed by atoms with E-state index in [0.717, 1.165) is 5.03 Å². The van der Waals surface area contributed by atoms with Crippen LogP contribution in [0.5, 0.6) is 0 Å². The van der Waals surface area contributed by atoms with Gasteiger partial charge in [-0.1, -0.05) is 0 Å². The molecule has 6 heteroatoms. The number of thiazole rings is 1. The van der Waals surface area contributed by atoms with Crippen LogP contribution in [0, 0.1) is 0 Å². The normalized spacial score (nSPS) is 12.1. The summed E-state index contributed by atoms with van der Waals surface area (Å²) < 4.78 is 8.65. The number of fused-ring (bicyclic) bond motifs is 1. The van der Waals surface area contributed by atoms with Gasteiger partial charge in [-0.15, -0.1) is 0 Å². The van der Waals surface area contributed by atoms with Crippen LogP contribution in [0.3, 0.4) is 0 Å². The number of hydrogen-bond acceptors (Lipinski definition) is 4. The second-order valence-electron chi connectivity index (χ2n) is 7.73. The van der Waals surface area contributed by atoms with E-state index in [1.54, 1.807) is 14.7 Å². The molecule has 0 unspecified atom stereocenters. The van der Waals surface area contributed by atoms with E-state index in [0.29, 0.717) is 0 Å². The molecule has 3 nitrogen and oxygen atoms in total.